The first-order valence-corrected chi connectivity index (χ1v) is 12.4. The van der Waals surface area contributed by atoms with Crippen LogP contribution in [0.15, 0.2) is 66.7 Å². The molecule has 0 radical (unpaired) electrons. The molecule has 4 heteroatoms. The fraction of sp³-hybridized carbons (Fsp3) is 0.333. The van der Waals surface area contributed by atoms with Crippen molar-refractivity contribution in [1.29, 1.82) is 0 Å². The van der Waals surface area contributed by atoms with Gasteiger partial charge in [0, 0.05) is 37.9 Å². The van der Waals surface area contributed by atoms with Gasteiger partial charge in [-0.1, -0.05) is 30.3 Å². The zero-order chi connectivity index (χ0) is 23.7. The second-order valence-electron chi connectivity index (χ2n) is 9.76. The fourth-order valence-corrected chi connectivity index (χ4v) is 5.39. The number of fused-ring (bicyclic) bond motifs is 1. The predicted octanol–water partition coefficient (Wildman–Crippen LogP) is 5.92. The number of anilines is 1. The fourth-order valence-electron chi connectivity index (χ4n) is 5.39. The van der Waals surface area contributed by atoms with Crippen LogP contribution < -0.4 is 4.90 Å². The first kappa shape index (κ1) is 22.5. The zero-order valence-corrected chi connectivity index (χ0v) is 20.2. The Morgan fingerprint density at radius 2 is 1.35 bits per heavy atom. The van der Waals surface area contributed by atoms with Crippen LogP contribution in [-0.2, 0) is 6.42 Å². The normalized spacial score (nSPS) is 17.1. The van der Waals surface area contributed by atoms with E-state index in [2.05, 4.69) is 54.0 Å². The van der Waals surface area contributed by atoms with E-state index in [1.165, 1.54) is 33.5 Å². The van der Waals surface area contributed by atoms with Crippen molar-refractivity contribution < 1.29 is 10.2 Å². The molecule has 1 saturated heterocycles. The van der Waals surface area contributed by atoms with Crippen molar-refractivity contribution in [3.8, 4) is 11.5 Å². The van der Waals surface area contributed by atoms with E-state index in [4.69, 9.17) is 0 Å². The van der Waals surface area contributed by atoms with E-state index in [1.54, 1.807) is 18.2 Å². The van der Waals surface area contributed by atoms with Gasteiger partial charge in [-0.25, -0.2) is 0 Å². The van der Waals surface area contributed by atoms with Crippen molar-refractivity contribution >= 4 is 16.8 Å². The highest BCUT2D eigenvalue weighted by atomic mass is 16.3. The Labute approximate surface area is 202 Å². The van der Waals surface area contributed by atoms with E-state index in [0.29, 0.717) is 11.8 Å². The largest absolute Gasteiger partial charge is 0.508 e. The lowest BCUT2D eigenvalue weighted by atomic mass is 9.87. The van der Waals surface area contributed by atoms with E-state index in [9.17, 15) is 10.2 Å². The minimum atomic E-state index is 0.284. The van der Waals surface area contributed by atoms with Gasteiger partial charge in [-0.2, -0.15) is 0 Å². The van der Waals surface area contributed by atoms with E-state index >= 15 is 0 Å². The molecule has 0 bridgehead atoms. The summed E-state index contributed by atoms with van der Waals surface area (Å²) in [5.74, 6) is 0.605. The van der Waals surface area contributed by atoms with Crippen LogP contribution in [0, 0.1) is 0 Å². The Balaban J connectivity index is 1.54. The molecule has 2 N–H and O–H groups in total. The summed E-state index contributed by atoms with van der Waals surface area (Å²) in [6.45, 7) is 8.86. The number of aromatic hydroxyl groups is 2. The number of rotatable bonds is 4. The maximum Gasteiger partial charge on any atom is 0.115 e. The standard InChI is InChI=1S/C30H34N2O2/c1-21(2)31-16-18-32(19-17-31)25-10-6-23(7-11-25)30-28(22-8-12-26(33)13-9-22)5-3-4-24-20-27(34)14-15-29(24)30/h6-15,20-21,33-34H,3-5,16-19H2,1-2H3. The second-order valence-corrected chi connectivity index (χ2v) is 9.76. The van der Waals surface area contributed by atoms with Crippen molar-refractivity contribution in [3.05, 3.63) is 89.0 Å². The van der Waals surface area contributed by atoms with E-state index in [-0.39, 0.29) is 5.75 Å². The first-order valence-electron chi connectivity index (χ1n) is 12.4. The van der Waals surface area contributed by atoms with Crippen LogP contribution in [0.4, 0.5) is 5.69 Å². The lowest BCUT2D eigenvalue weighted by Crippen LogP contribution is -2.48. The highest BCUT2D eigenvalue weighted by Crippen LogP contribution is 2.41. The highest BCUT2D eigenvalue weighted by molar-refractivity contribution is 6.00. The quantitative estimate of drug-likeness (QED) is 0.513. The Morgan fingerprint density at radius 1 is 0.706 bits per heavy atom. The minimum Gasteiger partial charge on any atom is -0.508 e. The maximum absolute atomic E-state index is 10.1. The van der Waals surface area contributed by atoms with Crippen molar-refractivity contribution in [2.75, 3.05) is 31.1 Å². The SMILES string of the molecule is CC(C)N1CCN(c2ccc(C3=C(c4ccc(O)cc4)CCCc4cc(O)ccc43)cc2)CC1. The lowest BCUT2D eigenvalue weighted by Gasteiger charge is -2.38. The minimum absolute atomic E-state index is 0.284. The molecule has 0 aromatic heterocycles. The smallest absolute Gasteiger partial charge is 0.115 e. The Morgan fingerprint density at radius 3 is 2.03 bits per heavy atom. The zero-order valence-electron chi connectivity index (χ0n) is 20.2. The highest BCUT2D eigenvalue weighted by Gasteiger charge is 2.22. The number of piperazine rings is 1. The average molecular weight is 455 g/mol. The van der Waals surface area contributed by atoms with E-state index in [0.717, 1.165) is 51.0 Å². The molecule has 0 atom stereocenters. The molecular formula is C30H34N2O2. The lowest BCUT2D eigenvalue weighted by molar-refractivity contribution is 0.209. The molecule has 1 heterocycles. The Hall–Kier alpha value is -3.24. The third-order valence-corrected chi connectivity index (χ3v) is 7.31. The van der Waals surface area contributed by atoms with E-state index < -0.39 is 0 Å². The van der Waals surface area contributed by atoms with Gasteiger partial charge >= 0.3 is 0 Å². The molecule has 4 nitrogen and oxygen atoms in total. The predicted molar refractivity (Wildman–Crippen MR) is 140 cm³/mol. The number of allylic oxidation sites excluding steroid dienone is 1. The van der Waals surface area contributed by atoms with Crippen LogP contribution in [0.25, 0.3) is 11.1 Å². The Bertz CT molecular complexity index is 1170. The third kappa shape index (κ3) is 4.55. The average Bonchev–Trinajstić information content (AvgIpc) is 3.04. The molecular weight excluding hydrogens is 420 g/mol. The summed E-state index contributed by atoms with van der Waals surface area (Å²) in [5.41, 5.74) is 8.52. The second kappa shape index (κ2) is 9.55. The number of hydrogen-bond acceptors (Lipinski definition) is 4. The van der Waals surface area contributed by atoms with Crippen LogP contribution in [0.2, 0.25) is 0 Å². The molecule has 0 unspecified atom stereocenters. The number of nitrogens with zero attached hydrogens (tertiary/aromatic N) is 2. The van der Waals surface area contributed by atoms with Crippen molar-refractivity contribution in [3.63, 3.8) is 0 Å². The molecule has 1 fully saturated rings. The molecule has 3 aromatic carbocycles. The molecule has 1 aliphatic heterocycles. The van der Waals surface area contributed by atoms with Crippen LogP contribution in [0.3, 0.4) is 0 Å². The molecule has 0 spiro atoms. The van der Waals surface area contributed by atoms with Gasteiger partial charge in [0.05, 0.1) is 0 Å². The van der Waals surface area contributed by atoms with Gasteiger partial charge in [0.1, 0.15) is 11.5 Å². The molecule has 1 aliphatic carbocycles. The molecule has 176 valence electrons. The van der Waals surface area contributed by atoms with Crippen LogP contribution in [0.5, 0.6) is 11.5 Å². The number of benzene rings is 3. The summed E-state index contributed by atoms with van der Waals surface area (Å²) in [5, 5.41) is 20.0. The molecule has 3 aromatic rings. The van der Waals surface area contributed by atoms with Gasteiger partial charge in [-0.05, 0) is 103 Å². The van der Waals surface area contributed by atoms with Crippen molar-refractivity contribution in [2.45, 2.75) is 39.2 Å². The van der Waals surface area contributed by atoms with Crippen molar-refractivity contribution in [2.24, 2.45) is 0 Å². The van der Waals surface area contributed by atoms with Gasteiger partial charge in [-0.15, -0.1) is 0 Å². The number of hydrogen-bond donors (Lipinski definition) is 2. The van der Waals surface area contributed by atoms with Crippen LogP contribution in [0.1, 0.15) is 48.9 Å². The number of phenolic OH excluding ortho intramolecular Hbond substituents is 2. The molecule has 0 amide bonds. The third-order valence-electron chi connectivity index (χ3n) is 7.31. The van der Waals surface area contributed by atoms with E-state index in [1.807, 2.05) is 18.2 Å². The summed E-state index contributed by atoms with van der Waals surface area (Å²) < 4.78 is 0. The first-order chi connectivity index (χ1) is 16.5. The van der Waals surface area contributed by atoms with Crippen molar-refractivity contribution in [1.82, 2.24) is 4.90 Å². The Kier molecular flexibility index (Phi) is 6.34. The van der Waals surface area contributed by atoms with Crippen LogP contribution in [-0.4, -0.2) is 47.3 Å². The van der Waals surface area contributed by atoms with Gasteiger partial charge in [0.15, 0.2) is 0 Å². The van der Waals surface area contributed by atoms with Gasteiger partial charge in [0.2, 0.25) is 0 Å². The molecule has 5 rings (SSSR count). The number of phenols is 2. The van der Waals surface area contributed by atoms with Gasteiger partial charge < -0.3 is 15.1 Å². The van der Waals surface area contributed by atoms with Gasteiger partial charge in [-0.3, -0.25) is 4.90 Å². The molecule has 2 aliphatic rings. The topological polar surface area (TPSA) is 46.9 Å². The number of aryl methyl sites for hydroxylation is 1. The summed E-state index contributed by atoms with van der Waals surface area (Å²) in [7, 11) is 0. The monoisotopic (exact) mass is 454 g/mol. The van der Waals surface area contributed by atoms with Gasteiger partial charge in [0.25, 0.3) is 0 Å². The summed E-state index contributed by atoms with van der Waals surface area (Å²) in [6.07, 6.45) is 2.91. The molecule has 0 saturated carbocycles. The summed E-state index contributed by atoms with van der Waals surface area (Å²) in [4.78, 5) is 5.02. The molecule has 34 heavy (non-hydrogen) atoms. The summed E-state index contributed by atoms with van der Waals surface area (Å²) >= 11 is 0. The maximum atomic E-state index is 10.1. The van der Waals surface area contributed by atoms with Crippen LogP contribution >= 0.6 is 0 Å². The summed E-state index contributed by atoms with van der Waals surface area (Å²) in [6, 6.07) is 22.9.